The number of hydrogen-bond acceptors (Lipinski definition) is 3. The van der Waals surface area contributed by atoms with Crippen LogP contribution in [0.5, 0.6) is 0 Å². The van der Waals surface area contributed by atoms with Crippen molar-refractivity contribution in [3.63, 3.8) is 0 Å². The van der Waals surface area contributed by atoms with Crippen molar-refractivity contribution in [1.82, 2.24) is 5.32 Å². The Morgan fingerprint density at radius 2 is 2.00 bits per heavy atom. The molecule has 0 atom stereocenters. The second kappa shape index (κ2) is 4.96. The molecule has 78 valence electrons. The summed E-state index contributed by atoms with van der Waals surface area (Å²) >= 11 is 0. The van der Waals surface area contributed by atoms with Crippen LogP contribution in [0.15, 0.2) is 0 Å². The molecule has 0 aromatic rings. The van der Waals surface area contributed by atoms with E-state index in [0.717, 1.165) is 25.4 Å². The highest BCUT2D eigenvalue weighted by Crippen LogP contribution is 2.31. The van der Waals surface area contributed by atoms with E-state index in [-0.39, 0.29) is 0 Å². The summed E-state index contributed by atoms with van der Waals surface area (Å²) in [6, 6.07) is 0. The predicted molar refractivity (Wildman–Crippen MR) is 54.5 cm³/mol. The fourth-order valence-electron chi connectivity index (χ4n) is 1.30. The van der Waals surface area contributed by atoms with Gasteiger partial charge in [-0.25, -0.2) is 8.42 Å². The quantitative estimate of drug-likeness (QED) is 0.626. The molecule has 13 heavy (non-hydrogen) atoms. The van der Waals surface area contributed by atoms with Crippen molar-refractivity contribution in [2.45, 2.75) is 25.7 Å². The highest BCUT2D eigenvalue weighted by atomic mass is 32.2. The largest absolute Gasteiger partial charge is 0.317 e. The zero-order valence-corrected chi connectivity index (χ0v) is 9.07. The van der Waals surface area contributed by atoms with Gasteiger partial charge >= 0.3 is 0 Å². The second-order valence-electron chi connectivity index (χ2n) is 3.97. The number of nitrogens with one attached hydrogen (secondary N) is 1. The second-order valence-corrected chi connectivity index (χ2v) is 6.23. The molecule has 0 radical (unpaired) electrons. The van der Waals surface area contributed by atoms with Crippen molar-refractivity contribution in [2.75, 3.05) is 25.1 Å². The summed E-state index contributed by atoms with van der Waals surface area (Å²) in [6.07, 6.45) is 6.08. The minimum Gasteiger partial charge on any atom is -0.317 e. The number of sulfone groups is 1. The maximum absolute atomic E-state index is 10.8. The van der Waals surface area contributed by atoms with E-state index in [4.69, 9.17) is 0 Å². The molecular weight excluding hydrogens is 186 g/mol. The van der Waals surface area contributed by atoms with Gasteiger partial charge in [0, 0.05) is 6.26 Å². The SMILES string of the molecule is CS(=O)(=O)CCCNCCC1CC1. The highest BCUT2D eigenvalue weighted by Gasteiger charge is 2.19. The average Bonchev–Trinajstić information content (AvgIpc) is 2.77. The molecule has 0 bridgehead atoms. The van der Waals surface area contributed by atoms with Crippen molar-refractivity contribution in [2.24, 2.45) is 5.92 Å². The maximum Gasteiger partial charge on any atom is 0.147 e. The van der Waals surface area contributed by atoms with Gasteiger partial charge in [-0.05, 0) is 31.8 Å². The van der Waals surface area contributed by atoms with Crippen LogP contribution in [0.2, 0.25) is 0 Å². The zero-order valence-electron chi connectivity index (χ0n) is 8.25. The smallest absolute Gasteiger partial charge is 0.147 e. The average molecular weight is 205 g/mol. The van der Waals surface area contributed by atoms with Crippen LogP contribution < -0.4 is 5.32 Å². The molecule has 0 aromatic carbocycles. The lowest BCUT2D eigenvalue weighted by Gasteiger charge is -2.02. The monoisotopic (exact) mass is 205 g/mol. The Balaban J connectivity index is 1.83. The molecule has 0 unspecified atom stereocenters. The molecule has 4 heteroatoms. The minimum atomic E-state index is -2.76. The topological polar surface area (TPSA) is 46.2 Å². The third-order valence-corrected chi connectivity index (χ3v) is 3.33. The van der Waals surface area contributed by atoms with Gasteiger partial charge < -0.3 is 5.32 Å². The van der Waals surface area contributed by atoms with Crippen LogP contribution in [-0.4, -0.2) is 33.5 Å². The molecule has 0 saturated heterocycles. The summed E-state index contributed by atoms with van der Waals surface area (Å²) in [5, 5.41) is 3.26. The Morgan fingerprint density at radius 1 is 1.31 bits per heavy atom. The van der Waals surface area contributed by atoms with E-state index < -0.39 is 9.84 Å². The first-order valence-corrected chi connectivity index (χ1v) is 7.02. The Morgan fingerprint density at radius 3 is 2.54 bits per heavy atom. The van der Waals surface area contributed by atoms with Gasteiger partial charge in [0.05, 0.1) is 5.75 Å². The molecule has 0 spiro atoms. The van der Waals surface area contributed by atoms with Gasteiger partial charge in [-0.3, -0.25) is 0 Å². The fraction of sp³-hybridized carbons (Fsp3) is 1.00. The van der Waals surface area contributed by atoms with Crippen LogP contribution in [-0.2, 0) is 9.84 Å². The summed E-state index contributed by atoms with van der Waals surface area (Å²) in [6.45, 7) is 1.88. The van der Waals surface area contributed by atoms with E-state index in [1.54, 1.807) is 0 Å². The van der Waals surface area contributed by atoms with Crippen LogP contribution in [0.4, 0.5) is 0 Å². The van der Waals surface area contributed by atoms with Gasteiger partial charge in [0.25, 0.3) is 0 Å². The van der Waals surface area contributed by atoms with E-state index in [9.17, 15) is 8.42 Å². The first-order valence-electron chi connectivity index (χ1n) is 4.96. The van der Waals surface area contributed by atoms with Gasteiger partial charge in [0.15, 0.2) is 0 Å². The molecule has 0 aromatic heterocycles. The summed E-state index contributed by atoms with van der Waals surface area (Å²) in [7, 11) is -2.76. The van der Waals surface area contributed by atoms with E-state index in [1.165, 1.54) is 25.5 Å². The van der Waals surface area contributed by atoms with Crippen LogP contribution in [0.3, 0.4) is 0 Å². The van der Waals surface area contributed by atoms with Gasteiger partial charge in [0.1, 0.15) is 9.84 Å². The van der Waals surface area contributed by atoms with Crippen molar-refractivity contribution >= 4 is 9.84 Å². The molecule has 1 fully saturated rings. The number of rotatable bonds is 7. The van der Waals surface area contributed by atoms with Crippen molar-refractivity contribution in [3.8, 4) is 0 Å². The highest BCUT2D eigenvalue weighted by molar-refractivity contribution is 7.90. The van der Waals surface area contributed by atoms with E-state index in [1.807, 2.05) is 0 Å². The standard InChI is InChI=1S/C9H19NO2S/c1-13(11,12)8-2-6-10-7-5-9-3-4-9/h9-10H,2-8H2,1H3. The summed E-state index contributed by atoms with van der Waals surface area (Å²) < 4.78 is 21.5. The third-order valence-electron chi connectivity index (χ3n) is 2.29. The Hall–Kier alpha value is -0.0900. The Labute approximate surface area is 80.8 Å². The molecule has 1 aliphatic carbocycles. The Bertz CT molecular complexity index is 232. The van der Waals surface area contributed by atoms with Crippen LogP contribution in [0.25, 0.3) is 0 Å². The molecule has 3 nitrogen and oxygen atoms in total. The Kier molecular flexibility index (Phi) is 4.19. The summed E-state index contributed by atoms with van der Waals surface area (Å²) in [5.74, 6) is 1.27. The molecule has 0 amide bonds. The predicted octanol–water partition coefficient (Wildman–Crippen LogP) is 0.811. The van der Waals surface area contributed by atoms with Gasteiger partial charge in [0.2, 0.25) is 0 Å². The van der Waals surface area contributed by atoms with Crippen LogP contribution in [0.1, 0.15) is 25.7 Å². The van der Waals surface area contributed by atoms with Crippen LogP contribution in [0, 0.1) is 5.92 Å². The lowest BCUT2D eigenvalue weighted by atomic mass is 10.3. The lowest BCUT2D eigenvalue weighted by Crippen LogP contribution is -2.19. The molecule has 1 saturated carbocycles. The van der Waals surface area contributed by atoms with Gasteiger partial charge in [-0.2, -0.15) is 0 Å². The lowest BCUT2D eigenvalue weighted by molar-refractivity contribution is 0.585. The molecule has 0 heterocycles. The normalized spacial score (nSPS) is 17.6. The van der Waals surface area contributed by atoms with Crippen LogP contribution >= 0.6 is 0 Å². The first-order chi connectivity index (χ1) is 6.08. The van der Waals surface area contributed by atoms with E-state index in [0.29, 0.717) is 5.75 Å². The van der Waals surface area contributed by atoms with Gasteiger partial charge in [-0.1, -0.05) is 12.8 Å². The first kappa shape index (κ1) is 11.0. The van der Waals surface area contributed by atoms with E-state index >= 15 is 0 Å². The zero-order chi connectivity index (χ0) is 9.73. The summed E-state index contributed by atoms with van der Waals surface area (Å²) in [5.41, 5.74) is 0. The van der Waals surface area contributed by atoms with Gasteiger partial charge in [-0.15, -0.1) is 0 Å². The van der Waals surface area contributed by atoms with Crippen molar-refractivity contribution in [1.29, 1.82) is 0 Å². The maximum atomic E-state index is 10.8. The minimum absolute atomic E-state index is 0.309. The molecule has 1 N–H and O–H groups in total. The summed E-state index contributed by atoms with van der Waals surface area (Å²) in [4.78, 5) is 0. The van der Waals surface area contributed by atoms with E-state index in [2.05, 4.69) is 5.32 Å². The van der Waals surface area contributed by atoms with Crippen molar-refractivity contribution < 1.29 is 8.42 Å². The molecule has 1 aliphatic rings. The van der Waals surface area contributed by atoms with Crippen molar-refractivity contribution in [3.05, 3.63) is 0 Å². The molecule has 0 aliphatic heterocycles. The number of hydrogen-bond donors (Lipinski definition) is 1. The molecule has 1 rings (SSSR count). The molecular formula is C9H19NO2S. The fourth-order valence-corrected chi connectivity index (χ4v) is 1.97. The third kappa shape index (κ3) is 7.02.